The molecule has 0 saturated heterocycles. The first-order chi connectivity index (χ1) is 23.0. The van der Waals surface area contributed by atoms with Gasteiger partial charge in [0.05, 0.1) is 11.3 Å². The smallest absolute Gasteiger partial charge is 0.162 e. The van der Waals surface area contributed by atoms with Crippen molar-refractivity contribution in [2.24, 2.45) is 24.3 Å². The van der Waals surface area contributed by atoms with Gasteiger partial charge in [0.1, 0.15) is 12.0 Å². The summed E-state index contributed by atoms with van der Waals surface area (Å²) in [5.74, 6) is 0.547. The number of aromatic nitrogens is 3. The van der Waals surface area contributed by atoms with Gasteiger partial charge in [-0.1, -0.05) is 102 Å². The second kappa shape index (κ2) is 16.2. The van der Waals surface area contributed by atoms with Crippen LogP contribution in [0.4, 0.5) is 0 Å². The molecule has 0 atom stereocenters. The van der Waals surface area contributed by atoms with Crippen LogP contribution < -0.4 is 0 Å². The zero-order valence-electron chi connectivity index (χ0n) is 30.2. The van der Waals surface area contributed by atoms with E-state index in [0.717, 1.165) is 54.4 Å². The number of rotatable bonds is 9. The fraction of sp³-hybridized carbons (Fsp3) is 0.372. The van der Waals surface area contributed by atoms with E-state index in [1.807, 2.05) is 27.7 Å². The van der Waals surface area contributed by atoms with Crippen LogP contribution in [-0.4, -0.2) is 25.4 Å². The number of aryl methyl sites for hydroxylation is 1. The SMILES string of the molecule is CCC(CC)C(=O)/C=C(\O)C(CC)CC.Cn1c2ncnc(-c3[c-]cc4ccccc4c3)c2c2cc3ccccc3c(CC(C)(C)C)c21.[Ir]. The van der Waals surface area contributed by atoms with Crippen LogP contribution in [0.5, 0.6) is 0 Å². The standard InChI is InChI=1S/C30H26N3.C13H24O2.Ir/c1-30(2,3)17-25-23-12-8-7-11-21(23)16-24-26-27(31-18-32-29(26)33(4)28(24)25)22-14-13-19-9-5-6-10-20(19)15-22;1-5-10(6-2)12(14)9-13(15)11(7-3)8-4;/h5-13,15-16,18H,17H2,1-4H3;9-11,14H,5-8H2,1-4H3;/q-1;;/b;12-9-;. The zero-order chi connectivity index (χ0) is 34.6. The van der Waals surface area contributed by atoms with Gasteiger partial charge in [-0.05, 0) is 59.9 Å². The van der Waals surface area contributed by atoms with E-state index >= 15 is 0 Å². The molecule has 0 amide bonds. The molecule has 0 aliphatic rings. The molecule has 0 aliphatic carbocycles. The normalized spacial score (nSPS) is 12.2. The van der Waals surface area contributed by atoms with Gasteiger partial charge in [-0.2, -0.15) is 0 Å². The van der Waals surface area contributed by atoms with Crippen LogP contribution in [-0.2, 0) is 38.4 Å². The molecular weight excluding hydrogens is 783 g/mol. The molecule has 5 nitrogen and oxygen atoms in total. The van der Waals surface area contributed by atoms with Crippen LogP contribution in [0, 0.1) is 23.3 Å². The third kappa shape index (κ3) is 8.14. The minimum atomic E-state index is 0. The molecule has 1 N–H and O–H groups in total. The summed E-state index contributed by atoms with van der Waals surface area (Å²) < 4.78 is 2.25. The van der Waals surface area contributed by atoms with Crippen molar-refractivity contribution in [2.75, 3.05) is 0 Å². The maximum atomic E-state index is 11.7. The topological polar surface area (TPSA) is 68.0 Å². The predicted molar refractivity (Wildman–Crippen MR) is 202 cm³/mol. The molecule has 259 valence electrons. The van der Waals surface area contributed by atoms with Gasteiger partial charge in [0.15, 0.2) is 5.78 Å². The number of nitrogens with zero attached hydrogens (tertiary/aromatic N) is 3. The molecule has 0 unspecified atom stereocenters. The van der Waals surface area contributed by atoms with Crippen molar-refractivity contribution in [2.45, 2.75) is 80.6 Å². The Balaban J connectivity index is 0.000000290. The van der Waals surface area contributed by atoms with Gasteiger partial charge in [0.25, 0.3) is 0 Å². The molecule has 1 radical (unpaired) electrons. The molecule has 0 aliphatic heterocycles. The summed E-state index contributed by atoms with van der Waals surface area (Å²) in [6.07, 6.45) is 7.58. The maximum Gasteiger partial charge on any atom is 0.162 e. The summed E-state index contributed by atoms with van der Waals surface area (Å²) in [6, 6.07) is 27.2. The van der Waals surface area contributed by atoms with Gasteiger partial charge < -0.3 is 9.67 Å². The number of benzene rings is 4. The Morgan fingerprint density at radius 1 is 0.857 bits per heavy atom. The Labute approximate surface area is 305 Å². The Morgan fingerprint density at radius 2 is 1.47 bits per heavy atom. The van der Waals surface area contributed by atoms with E-state index in [2.05, 4.69) is 105 Å². The van der Waals surface area contributed by atoms with Gasteiger partial charge in [0, 0.05) is 61.5 Å². The molecule has 0 spiro atoms. The Hall–Kier alpha value is -3.86. The predicted octanol–water partition coefficient (Wildman–Crippen LogP) is 11.4. The van der Waals surface area contributed by atoms with Gasteiger partial charge in [-0.15, -0.1) is 29.1 Å². The van der Waals surface area contributed by atoms with E-state index in [1.54, 1.807) is 6.33 Å². The number of aliphatic hydroxyl groups is 1. The van der Waals surface area contributed by atoms with Gasteiger partial charge in [-0.3, -0.25) is 9.78 Å². The average molecular weight is 833 g/mol. The molecule has 2 aromatic heterocycles. The molecule has 0 saturated carbocycles. The summed E-state index contributed by atoms with van der Waals surface area (Å²) in [5.41, 5.74) is 5.69. The third-order valence-corrected chi connectivity index (χ3v) is 9.60. The van der Waals surface area contributed by atoms with Crippen LogP contribution >= 0.6 is 0 Å². The fourth-order valence-corrected chi connectivity index (χ4v) is 6.93. The molecule has 0 fully saturated rings. The summed E-state index contributed by atoms with van der Waals surface area (Å²) in [5, 5.41) is 17.0. The van der Waals surface area contributed by atoms with E-state index in [4.69, 9.17) is 9.97 Å². The van der Waals surface area contributed by atoms with Gasteiger partial charge >= 0.3 is 0 Å². The zero-order valence-corrected chi connectivity index (χ0v) is 32.6. The summed E-state index contributed by atoms with van der Waals surface area (Å²) in [4.78, 5) is 21.2. The fourth-order valence-electron chi connectivity index (χ4n) is 6.93. The van der Waals surface area contributed by atoms with Crippen LogP contribution in [0.3, 0.4) is 0 Å². The molecule has 49 heavy (non-hydrogen) atoms. The molecule has 6 rings (SSSR count). The first-order valence-corrected chi connectivity index (χ1v) is 17.5. The number of ketones is 1. The molecule has 6 aromatic rings. The van der Waals surface area contributed by atoms with Gasteiger partial charge in [-0.25, -0.2) is 4.98 Å². The second-order valence-electron chi connectivity index (χ2n) is 14.2. The quantitative estimate of drug-likeness (QED) is 0.0895. The van der Waals surface area contributed by atoms with Crippen LogP contribution in [0.25, 0.3) is 54.7 Å². The van der Waals surface area contributed by atoms with Crippen molar-refractivity contribution in [3.05, 3.63) is 96.5 Å². The molecule has 0 bridgehead atoms. The molecule has 2 heterocycles. The number of aliphatic hydroxyl groups excluding tert-OH is 1. The number of carbonyl (C=O) groups excluding carboxylic acids is 1. The third-order valence-electron chi connectivity index (χ3n) is 9.60. The Morgan fingerprint density at radius 3 is 2.10 bits per heavy atom. The minimum Gasteiger partial charge on any atom is -0.512 e. The van der Waals surface area contributed by atoms with Crippen LogP contribution in [0.15, 0.2) is 84.9 Å². The second-order valence-corrected chi connectivity index (χ2v) is 14.2. The number of carbonyl (C=O) groups is 1. The summed E-state index contributed by atoms with van der Waals surface area (Å²) in [6.45, 7) is 15.0. The van der Waals surface area contributed by atoms with E-state index in [-0.39, 0.29) is 48.9 Å². The number of fused-ring (bicyclic) bond motifs is 5. The minimum absolute atomic E-state index is 0. The molecule has 4 aromatic carbocycles. The molecular formula is C43H50IrN3O2-. The van der Waals surface area contributed by atoms with E-state index < -0.39 is 0 Å². The van der Waals surface area contributed by atoms with E-state index in [0.29, 0.717) is 0 Å². The van der Waals surface area contributed by atoms with Crippen molar-refractivity contribution >= 4 is 49.3 Å². The van der Waals surface area contributed by atoms with E-state index in [9.17, 15) is 9.90 Å². The Bertz CT molecular complexity index is 2100. The maximum absolute atomic E-state index is 11.7. The van der Waals surface area contributed by atoms with Crippen molar-refractivity contribution < 1.29 is 30.0 Å². The van der Waals surface area contributed by atoms with Crippen molar-refractivity contribution in [3.63, 3.8) is 0 Å². The Kier molecular flexibility index (Phi) is 12.6. The van der Waals surface area contributed by atoms with Crippen molar-refractivity contribution in [1.82, 2.24) is 14.5 Å². The average Bonchev–Trinajstić information content (AvgIpc) is 3.36. The van der Waals surface area contributed by atoms with Crippen LogP contribution in [0.2, 0.25) is 0 Å². The first kappa shape index (κ1) is 37.9. The van der Waals surface area contributed by atoms with Gasteiger partial charge in [0.2, 0.25) is 0 Å². The molecule has 6 heteroatoms. The summed E-state index contributed by atoms with van der Waals surface area (Å²) >= 11 is 0. The largest absolute Gasteiger partial charge is 0.512 e. The number of hydrogen-bond donors (Lipinski definition) is 1. The van der Waals surface area contributed by atoms with Crippen LogP contribution in [0.1, 0.15) is 79.7 Å². The number of hydrogen-bond acceptors (Lipinski definition) is 4. The van der Waals surface area contributed by atoms with E-state index in [1.165, 1.54) is 44.1 Å². The monoisotopic (exact) mass is 833 g/mol. The van der Waals surface area contributed by atoms with Crippen molar-refractivity contribution in [1.29, 1.82) is 0 Å². The number of allylic oxidation sites excluding steroid dienone is 2. The first-order valence-electron chi connectivity index (χ1n) is 17.5. The summed E-state index contributed by atoms with van der Waals surface area (Å²) in [7, 11) is 2.13. The van der Waals surface area contributed by atoms with Crippen molar-refractivity contribution in [3.8, 4) is 11.3 Å².